The van der Waals surface area contributed by atoms with Gasteiger partial charge in [-0.25, -0.2) is 14.2 Å². The molecule has 5 nitrogen and oxygen atoms in total. The van der Waals surface area contributed by atoms with Gasteiger partial charge < -0.3 is 15.1 Å². The Hall–Kier alpha value is -2.63. The van der Waals surface area contributed by atoms with Crippen molar-refractivity contribution in [3.8, 4) is 11.1 Å². The molecule has 0 amide bonds. The highest BCUT2D eigenvalue weighted by Gasteiger charge is 2.15. The van der Waals surface area contributed by atoms with Gasteiger partial charge in [-0.05, 0) is 12.1 Å². The number of halogens is 1. The lowest BCUT2D eigenvalue weighted by atomic mass is 10.1. The van der Waals surface area contributed by atoms with Crippen molar-refractivity contribution in [3.05, 3.63) is 42.2 Å². The van der Waals surface area contributed by atoms with E-state index in [2.05, 4.69) is 15.0 Å². The zero-order chi connectivity index (χ0) is 12.7. The van der Waals surface area contributed by atoms with Crippen LogP contribution in [-0.4, -0.2) is 26.0 Å². The van der Waals surface area contributed by atoms with Crippen LogP contribution >= 0.6 is 0 Å². The summed E-state index contributed by atoms with van der Waals surface area (Å²) in [7, 11) is 0. The Morgan fingerprint density at radius 2 is 2.22 bits per heavy atom. The molecule has 18 heavy (non-hydrogen) atoms. The maximum Gasteiger partial charge on any atom is 0.352 e. The number of carbonyl (C=O) groups is 1. The van der Waals surface area contributed by atoms with Gasteiger partial charge in [0.05, 0.1) is 6.20 Å². The molecule has 6 heteroatoms. The Balaban J connectivity index is 2.26. The van der Waals surface area contributed by atoms with Gasteiger partial charge in [-0.2, -0.15) is 0 Å². The Morgan fingerprint density at radius 3 is 2.94 bits per heavy atom. The number of carboxylic acids is 1. The van der Waals surface area contributed by atoms with Crippen LogP contribution in [0.4, 0.5) is 4.39 Å². The molecule has 0 saturated carbocycles. The Labute approximate surface area is 100 Å². The number of nitrogens with zero attached hydrogens (tertiary/aromatic N) is 1. The van der Waals surface area contributed by atoms with Crippen LogP contribution in [0.25, 0.3) is 22.2 Å². The van der Waals surface area contributed by atoms with E-state index < -0.39 is 11.8 Å². The summed E-state index contributed by atoms with van der Waals surface area (Å²) in [6.45, 7) is 0. The van der Waals surface area contributed by atoms with Crippen LogP contribution < -0.4 is 0 Å². The number of aromatic nitrogens is 3. The number of rotatable bonds is 2. The Kier molecular flexibility index (Phi) is 2.16. The van der Waals surface area contributed by atoms with Gasteiger partial charge in [0.1, 0.15) is 17.2 Å². The van der Waals surface area contributed by atoms with E-state index in [0.717, 1.165) is 6.20 Å². The van der Waals surface area contributed by atoms with Crippen molar-refractivity contribution in [1.82, 2.24) is 15.0 Å². The maximum atomic E-state index is 13.9. The molecule has 0 spiro atoms. The largest absolute Gasteiger partial charge is 0.477 e. The van der Waals surface area contributed by atoms with Gasteiger partial charge in [-0.15, -0.1) is 0 Å². The fraction of sp³-hybridized carbons (Fsp3) is 0. The van der Waals surface area contributed by atoms with Crippen LogP contribution in [0.1, 0.15) is 10.5 Å². The van der Waals surface area contributed by atoms with Crippen molar-refractivity contribution in [3.63, 3.8) is 0 Å². The fourth-order valence-electron chi connectivity index (χ4n) is 1.94. The first-order valence-electron chi connectivity index (χ1n) is 5.20. The molecule has 0 fully saturated rings. The van der Waals surface area contributed by atoms with Crippen LogP contribution in [0.2, 0.25) is 0 Å². The number of carboxylic acid groups (broad SMARTS) is 1. The first kappa shape index (κ1) is 10.5. The highest BCUT2D eigenvalue weighted by molar-refractivity contribution is 5.95. The summed E-state index contributed by atoms with van der Waals surface area (Å²) in [5.41, 5.74) is 1.40. The molecule has 0 aliphatic heterocycles. The van der Waals surface area contributed by atoms with Gasteiger partial charge in [-0.3, -0.25) is 0 Å². The molecule has 0 aliphatic carbocycles. The smallest absolute Gasteiger partial charge is 0.352 e. The number of fused-ring (bicyclic) bond motifs is 1. The third kappa shape index (κ3) is 1.46. The lowest BCUT2D eigenvalue weighted by molar-refractivity contribution is 0.0691. The van der Waals surface area contributed by atoms with Crippen LogP contribution in [0.3, 0.4) is 0 Å². The molecular formula is C12H8FN3O2. The molecule has 0 aliphatic rings. The molecule has 0 bridgehead atoms. The number of aromatic carboxylic acids is 1. The number of hydrogen-bond acceptors (Lipinski definition) is 2. The van der Waals surface area contributed by atoms with Crippen LogP contribution in [-0.2, 0) is 0 Å². The minimum absolute atomic E-state index is 0.0184. The zero-order valence-electron chi connectivity index (χ0n) is 9.07. The van der Waals surface area contributed by atoms with Gasteiger partial charge >= 0.3 is 5.97 Å². The first-order valence-corrected chi connectivity index (χ1v) is 5.20. The van der Waals surface area contributed by atoms with Crippen molar-refractivity contribution in [2.24, 2.45) is 0 Å². The highest BCUT2D eigenvalue weighted by Crippen LogP contribution is 2.30. The minimum Gasteiger partial charge on any atom is -0.477 e. The zero-order valence-corrected chi connectivity index (χ0v) is 9.07. The SMILES string of the molecule is O=C(O)c1cc(-c2c(F)cnc3[nH]ccc23)c[nH]1. The molecule has 3 N–H and O–H groups in total. The highest BCUT2D eigenvalue weighted by atomic mass is 19.1. The third-order valence-electron chi connectivity index (χ3n) is 2.74. The molecule has 90 valence electrons. The summed E-state index contributed by atoms with van der Waals surface area (Å²) in [6.07, 6.45) is 4.24. The van der Waals surface area contributed by atoms with Crippen LogP contribution in [0.5, 0.6) is 0 Å². The van der Waals surface area contributed by atoms with Crippen LogP contribution in [0, 0.1) is 5.82 Å². The summed E-state index contributed by atoms with van der Waals surface area (Å²) in [6, 6.07) is 3.10. The van der Waals surface area contributed by atoms with E-state index in [-0.39, 0.29) is 5.69 Å². The van der Waals surface area contributed by atoms with Crippen molar-refractivity contribution in [2.45, 2.75) is 0 Å². The quantitative estimate of drug-likeness (QED) is 0.648. The summed E-state index contributed by atoms with van der Waals surface area (Å²) in [5, 5.41) is 9.46. The van der Waals surface area contributed by atoms with Crippen molar-refractivity contribution in [2.75, 3.05) is 0 Å². The lowest BCUT2D eigenvalue weighted by Gasteiger charge is -2.01. The van der Waals surface area contributed by atoms with E-state index in [1.807, 2.05) is 0 Å². The normalized spacial score (nSPS) is 10.9. The summed E-state index contributed by atoms with van der Waals surface area (Å²) in [4.78, 5) is 20.2. The third-order valence-corrected chi connectivity index (χ3v) is 2.74. The van der Waals surface area contributed by atoms with E-state index in [1.54, 1.807) is 12.3 Å². The topological polar surface area (TPSA) is 81.8 Å². The molecule has 3 rings (SSSR count). The summed E-state index contributed by atoms with van der Waals surface area (Å²) >= 11 is 0. The standard InChI is InChI=1S/C12H8FN3O2/c13-8-5-16-11-7(1-2-14-11)10(8)6-3-9(12(17)18)15-4-6/h1-5,15H,(H,14,16)(H,17,18). The second-order valence-electron chi connectivity index (χ2n) is 3.83. The van der Waals surface area contributed by atoms with Gasteiger partial charge in [0.15, 0.2) is 0 Å². The second kappa shape index (κ2) is 3.69. The molecule has 3 aromatic rings. The van der Waals surface area contributed by atoms with E-state index in [4.69, 9.17) is 5.11 Å². The van der Waals surface area contributed by atoms with Gasteiger partial charge in [0.2, 0.25) is 0 Å². The average molecular weight is 245 g/mol. The fourth-order valence-corrected chi connectivity index (χ4v) is 1.94. The number of hydrogen-bond donors (Lipinski definition) is 3. The van der Waals surface area contributed by atoms with E-state index in [1.165, 1.54) is 12.3 Å². The monoisotopic (exact) mass is 245 g/mol. The first-order chi connectivity index (χ1) is 8.66. The number of aromatic amines is 2. The number of pyridine rings is 1. The predicted octanol–water partition coefficient (Wildman–Crippen LogP) is 2.40. The predicted molar refractivity (Wildman–Crippen MR) is 62.8 cm³/mol. The van der Waals surface area contributed by atoms with E-state index in [9.17, 15) is 9.18 Å². The number of H-pyrrole nitrogens is 2. The van der Waals surface area contributed by atoms with Crippen molar-refractivity contribution in [1.29, 1.82) is 0 Å². The molecule has 3 heterocycles. The Morgan fingerprint density at radius 1 is 1.39 bits per heavy atom. The molecule has 0 atom stereocenters. The molecule has 0 saturated heterocycles. The second-order valence-corrected chi connectivity index (χ2v) is 3.83. The van der Waals surface area contributed by atoms with Gasteiger partial charge in [0, 0.05) is 28.9 Å². The molecule has 0 unspecified atom stereocenters. The Bertz CT molecular complexity index is 745. The van der Waals surface area contributed by atoms with Crippen molar-refractivity contribution >= 4 is 17.0 Å². The summed E-state index contributed by atoms with van der Waals surface area (Å²) < 4.78 is 13.9. The molecule has 3 aromatic heterocycles. The van der Waals surface area contributed by atoms with Crippen molar-refractivity contribution < 1.29 is 14.3 Å². The van der Waals surface area contributed by atoms with Gasteiger partial charge in [-0.1, -0.05) is 0 Å². The van der Waals surface area contributed by atoms with E-state index in [0.29, 0.717) is 22.2 Å². The van der Waals surface area contributed by atoms with E-state index >= 15 is 0 Å². The van der Waals surface area contributed by atoms with Crippen LogP contribution in [0.15, 0.2) is 30.7 Å². The lowest BCUT2D eigenvalue weighted by Crippen LogP contribution is -1.94. The minimum atomic E-state index is -1.08. The average Bonchev–Trinajstić information content (AvgIpc) is 2.95. The van der Waals surface area contributed by atoms with Gasteiger partial charge in [0.25, 0.3) is 0 Å². The molecule has 0 radical (unpaired) electrons. The maximum absolute atomic E-state index is 13.9. The number of nitrogens with one attached hydrogen (secondary N) is 2. The summed E-state index contributed by atoms with van der Waals surface area (Å²) in [5.74, 6) is -1.57. The molecular weight excluding hydrogens is 237 g/mol. The molecule has 0 aromatic carbocycles.